The molecule has 0 radical (unpaired) electrons. The van der Waals surface area contributed by atoms with Crippen LogP contribution in [0.5, 0.6) is 0 Å². The lowest BCUT2D eigenvalue weighted by atomic mass is 9.82. The third kappa shape index (κ3) is 5.96. The number of carbonyl (C=O) groups is 2. The number of hydrogen-bond acceptors (Lipinski definition) is 7. The van der Waals surface area contributed by atoms with Gasteiger partial charge in [-0.1, -0.05) is 38.1 Å². The minimum atomic E-state index is -0.757. The van der Waals surface area contributed by atoms with E-state index in [1.165, 1.54) is 0 Å². The molecule has 2 aliphatic rings. The summed E-state index contributed by atoms with van der Waals surface area (Å²) in [5.74, 6) is -0.296. The molecule has 1 fully saturated rings. The molecule has 8 heteroatoms. The molecule has 0 spiro atoms. The van der Waals surface area contributed by atoms with E-state index in [0.29, 0.717) is 40.2 Å². The number of rotatable bonds is 9. The summed E-state index contributed by atoms with van der Waals surface area (Å²) in [7, 11) is 0. The number of morpholine rings is 1. The molecular weight excluding hydrogens is 454 g/mol. The van der Waals surface area contributed by atoms with Gasteiger partial charge in [0.1, 0.15) is 0 Å². The van der Waals surface area contributed by atoms with Crippen molar-refractivity contribution >= 4 is 34.5 Å². The molecule has 1 atom stereocenters. The molecule has 1 aliphatic carbocycles. The largest absolute Gasteiger partial charge is 0.390 e. The predicted octanol–water partition coefficient (Wildman–Crippen LogP) is 3.63. The number of anilines is 2. The normalized spacial score (nSPS) is 16.1. The molecule has 7 nitrogen and oxygen atoms in total. The minimum Gasteiger partial charge on any atom is -0.390 e. The lowest BCUT2D eigenvalue weighted by Gasteiger charge is -2.27. The summed E-state index contributed by atoms with van der Waals surface area (Å²) in [4.78, 5) is 29.1. The summed E-state index contributed by atoms with van der Waals surface area (Å²) in [6.07, 6.45) is 0.155. The van der Waals surface area contributed by atoms with Crippen LogP contribution in [0.15, 0.2) is 36.4 Å². The van der Waals surface area contributed by atoms with E-state index in [-0.39, 0.29) is 24.0 Å². The number of nitrogens with one attached hydrogen (secondary N) is 2. The molecule has 1 unspecified atom stereocenters. The zero-order chi connectivity index (χ0) is 24.5. The van der Waals surface area contributed by atoms with Gasteiger partial charge in [-0.05, 0) is 25.1 Å². The predicted molar refractivity (Wildman–Crippen MR) is 137 cm³/mol. The van der Waals surface area contributed by atoms with Gasteiger partial charge in [-0.25, -0.2) is 0 Å². The maximum Gasteiger partial charge on any atom is 0.196 e. The molecule has 0 bridgehead atoms. The molecule has 1 saturated heterocycles. The smallest absolute Gasteiger partial charge is 0.196 e. The second-order valence-electron chi connectivity index (χ2n) is 8.04. The van der Waals surface area contributed by atoms with E-state index in [1.54, 1.807) is 30.3 Å². The topological polar surface area (TPSA) is 90.9 Å². The number of ketones is 2. The molecule has 0 amide bonds. The molecule has 4 rings (SSSR count). The standard InChI is InChI=1S/C24H28ClN3O4.C2H6/c25-14-16(29)15-27-20-7-6-19(26-8-3-9-28-10-12-32-13-11-28)21-22(20)24(31)18-5-2-1-4-17(18)23(21)30;1-2/h1-2,4-7,16,26-27,29H,3,8-15H2;1-2H3. The summed E-state index contributed by atoms with van der Waals surface area (Å²) in [5.41, 5.74) is 2.71. The van der Waals surface area contributed by atoms with Gasteiger partial charge in [0.15, 0.2) is 11.6 Å². The van der Waals surface area contributed by atoms with Gasteiger partial charge in [-0.3, -0.25) is 14.5 Å². The van der Waals surface area contributed by atoms with Gasteiger partial charge in [0, 0.05) is 48.7 Å². The third-order valence-corrected chi connectivity index (χ3v) is 6.21. The molecule has 2 aromatic rings. The monoisotopic (exact) mass is 487 g/mol. The number of ether oxygens (including phenoxy) is 1. The van der Waals surface area contributed by atoms with Gasteiger partial charge >= 0.3 is 0 Å². The van der Waals surface area contributed by atoms with Crippen LogP contribution < -0.4 is 10.6 Å². The Morgan fingerprint density at radius 3 is 2.09 bits per heavy atom. The number of halogens is 1. The summed E-state index contributed by atoms with van der Waals surface area (Å²) in [5, 5.41) is 16.3. The number of carbonyl (C=O) groups excluding carboxylic acids is 2. The van der Waals surface area contributed by atoms with E-state index in [1.807, 2.05) is 19.9 Å². The highest BCUT2D eigenvalue weighted by Gasteiger charge is 2.33. The number of nitrogens with zero attached hydrogens (tertiary/aromatic N) is 1. The summed E-state index contributed by atoms with van der Waals surface area (Å²) in [6, 6.07) is 10.5. The van der Waals surface area contributed by atoms with Crippen molar-refractivity contribution in [3.63, 3.8) is 0 Å². The zero-order valence-corrected chi connectivity index (χ0v) is 20.7. The minimum absolute atomic E-state index is 0.0771. The van der Waals surface area contributed by atoms with E-state index < -0.39 is 6.10 Å². The van der Waals surface area contributed by atoms with E-state index in [0.717, 1.165) is 39.3 Å². The molecule has 2 aromatic carbocycles. The third-order valence-electron chi connectivity index (χ3n) is 5.85. The van der Waals surface area contributed by atoms with Gasteiger partial charge in [-0.15, -0.1) is 11.6 Å². The Hall–Kier alpha value is -2.45. The van der Waals surface area contributed by atoms with Crippen molar-refractivity contribution in [3.05, 3.63) is 58.7 Å². The van der Waals surface area contributed by atoms with Crippen LogP contribution in [0.2, 0.25) is 0 Å². The highest BCUT2D eigenvalue weighted by atomic mass is 35.5. The summed E-state index contributed by atoms with van der Waals surface area (Å²) in [6.45, 7) is 9.23. The van der Waals surface area contributed by atoms with Crippen LogP contribution in [0.1, 0.15) is 52.1 Å². The Bertz CT molecular complexity index is 992. The van der Waals surface area contributed by atoms with Gasteiger partial charge in [-0.2, -0.15) is 0 Å². The molecule has 184 valence electrons. The first-order valence-corrected chi connectivity index (χ1v) is 12.5. The number of aliphatic hydroxyl groups is 1. The van der Waals surface area contributed by atoms with Crippen molar-refractivity contribution in [3.8, 4) is 0 Å². The fourth-order valence-electron chi connectivity index (χ4n) is 4.15. The molecule has 34 heavy (non-hydrogen) atoms. The molecule has 0 aromatic heterocycles. The van der Waals surface area contributed by atoms with Crippen LogP contribution in [0.4, 0.5) is 11.4 Å². The second-order valence-corrected chi connectivity index (χ2v) is 8.35. The van der Waals surface area contributed by atoms with Crippen molar-refractivity contribution in [2.45, 2.75) is 26.4 Å². The fraction of sp³-hybridized carbons (Fsp3) is 0.462. The molecule has 3 N–H and O–H groups in total. The lowest BCUT2D eigenvalue weighted by Crippen LogP contribution is -2.37. The van der Waals surface area contributed by atoms with Crippen molar-refractivity contribution in [1.29, 1.82) is 0 Å². The van der Waals surface area contributed by atoms with Crippen molar-refractivity contribution in [2.24, 2.45) is 0 Å². The Morgan fingerprint density at radius 1 is 0.971 bits per heavy atom. The quantitative estimate of drug-likeness (QED) is 0.313. The van der Waals surface area contributed by atoms with Crippen molar-refractivity contribution < 1.29 is 19.4 Å². The average molecular weight is 488 g/mol. The number of benzene rings is 2. The number of fused-ring (bicyclic) bond motifs is 2. The highest BCUT2D eigenvalue weighted by molar-refractivity contribution is 6.31. The Balaban J connectivity index is 0.00000158. The average Bonchev–Trinajstić information content (AvgIpc) is 2.90. The van der Waals surface area contributed by atoms with E-state index >= 15 is 0 Å². The van der Waals surface area contributed by atoms with Crippen molar-refractivity contribution in [2.75, 3.05) is 62.5 Å². The first-order chi connectivity index (χ1) is 16.6. The van der Waals surface area contributed by atoms with Crippen molar-refractivity contribution in [1.82, 2.24) is 4.90 Å². The van der Waals surface area contributed by atoms with Crippen LogP contribution in [0.3, 0.4) is 0 Å². The molecular formula is C26H34ClN3O4. The lowest BCUT2D eigenvalue weighted by molar-refractivity contribution is 0.0378. The summed E-state index contributed by atoms with van der Waals surface area (Å²) >= 11 is 5.70. The van der Waals surface area contributed by atoms with Crippen LogP contribution in [-0.2, 0) is 4.74 Å². The molecule has 1 heterocycles. The Kier molecular flexibility index (Phi) is 9.89. The summed E-state index contributed by atoms with van der Waals surface area (Å²) < 4.78 is 5.39. The molecule has 0 saturated carbocycles. The zero-order valence-electron chi connectivity index (χ0n) is 19.9. The SMILES string of the molecule is CC.O=C1c2ccccc2C(=O)c2c(NCC(O)CCl)ccc(NCCCN3CCOCC3)c21. The number of hydrogen-bond donors (Lipinski definition) is 3. The van der Waals surface area contributed by atoms with Crippen LogP contribution in [-0.4, -0.2) is 79.5 Å². The first-order valence-electron chi connectivity index (χ1n) is 12.0. The van der Waals surface area contributed by atoms with E-state index in [4.69, 9.17) is 16.3 Å². The van der Waals surface area contributed by atoms with E-state index in [2.05, 4.69) is 15.5 Å². The first kappa shape index (κ1) is 26.2. The van der Waals surface area contributed by atoms with Crippen LogP contribution in [0.25, 0.3) is 0 Å². The fourth-order valence-corrected chi connectivity index (χ4v) is 4.26. The van der Waals surface area contributed by atoms with E-state index in [9.17, 15) is 14.7 Å². The Labute approximate surface area is 206 Å². The highest BCUT2D eigenvalue weighted by Crippen LogP contribution is 2.36. The van der Waals surface area contributed by atoms with Gasteiger partial charge < -0.3 is 20.5 Å². The van der Waals surface area contributed by atoms with Gasteiger partial charge in [0.2, 0.25) is 0 Å². The molecule has 1 aliphatic heterocycles. The van der Waals surface area contributed by atoms with Crippen LogP contribution >= 0.6 is 11.6 Å². The maximum absolute atomic E-state index is 13.4. The van der Waals surface area contributed by atoms with Gasteiger partial charge in [0.25, 0.3) is 0 Å². The second kappa shape index (κ2) is 12.9. The number of alkyl halides is 1. The van der Waals surface area contributed by atoms with Gasteiger partial charge in [0.05, 0.1) is 36.3 Å². The van der Waals surface area contributed by atoms with Crippen LogP contribution in [0, 0.1) is 0 Å². The number of aliphatic hydroxyl groups excluding tert-OH is 1. The maximum atomic E-state index is 13.4. The Morgan fingerprint density at radius 2 is 1.53 bits per heavy atom.